The van der Waals surface area contributed by atoms with Crippen molar-refractivity contribution in [2.75, 3.05) is 51.2 Å². The van der Waals surface area contributed by atoms with E-state index < -0.39 is 0 Å². The molecule has 4 rings (SSSR count). The Bertz CT molecular complexity index is 944. The fourth-order valence-corrected chi connectivity index (χ4v) is 4.40. The largest absolute Gasteiger partial charge is 0.342 e. The lowest BCUT2D eigenvalue weighted by Gasteiger charge is -2.35. The smallest absolute Gasteiger partial charge is 0.242 e. The van der Waals surface area contributed by atoms with Crippen LogP contribution in [-0.2, 0) is 4.79 Å². The average Bonchev–Trinajstić information content (AvgIpc) is 3.19. The molecule has 6 heteroatoms. The van der Waals surface area contributed by atoms with Crippen molar-refractivity contribution in [3.8, 4) is 0 Å². The van der Waals surface area contributed by atoms with E-state index in [1.165, 1.54) is 5.56 Å². The molecule has 1 aromatic heterocycles. The van der Waals surface area contributed by atoms with Gasteiger partial charge in [0.05, 0.1) is 16.8 Å². The second kappa shape index (κ2) is 9.20. The van der Waals surface area contributed by atoms with E-state index in [9.17, 15) is 4.79 Å². The molecule has 0 spiro atoms. The van der Waals surface area contributed by atoms with Crippen LogP contribution in [0.2, 0.25) is 0 Å². The Balaban J connectivity index is 1.25. The Labute approximate surface area is 175 Å². The highest BCUT2D eigenvalue weighted by Gasteiger charge is 2.22. The molecule has 0 aliphatic carbocycles. The lowest BCUT2D eigenvalue weighted by Crippen LogP contribution is -2.50. The number of para-hydroxylation sites is 1. The van der Waals surface area contributed by atoms with Gasteiger partial charge in [-0.2, -0.15) is 0 Å². The van der Waals surface area contributed by atoms with E-state index in [0.717, 1.165) is 48.1 Å². The first-order valence-electron chi connectivity index (χ1n) is 9.97. The third-order valence-corrected chi connectivity index (χ3v) is 6.33. The summed E-state index contributed by atoms with van der Waals surface area (Å²) in [5.41, 5.74) is 2.21. The number of carbonyl (C=O) groups excluding carboxylic acids is 1. The molecule has 0 radical (unpaired) electrons. The molecule has 0 bridgehead atoms. The van der Waals surface area contributed by atoms with Gasteiger partial charge >= 0.3 is 0 Å². The van der Waals surface area contributed by atoms with E-state index in [2.05, 4.69) is 52.4 Å². The number of nitrogens with zero attached hydrogens (tertiary/aromatic N) is 4. The van der Waals surface area contributed by atoms with E-state index in [1.54, 1.807) is 11.3 Å². The Hall–Kier alpha value is -2.70. The fraction of sp³-hybridized carbons (Fsp3) is 0.304. The number of anilines is 1. The highest BCUT2D eigenvalue weighted by Crippen LogP contribution is 2.27. The Morgan fingerprint density at radius 3 is 2.55 bits per heavy atom. The second-order valence-corrected chi connectivity index (χ2v) is 8.32. The Morgan fingerprint density at radius 2 is 1.79 bits per heavy atom. The predicted octanol–water partition coefficient (Wildman–Crippen LogP) is 3.59. The van der Waals surface area contributed by atoms with Crippen LogP contribution < -0.4 is 4.90 Å². The summed E-state index contributed by atoms with van der Waals surface area (Å²) >= 11 is 1.63. The van der Waals surface area contributed by atoms with Crippen LogP contribution in [0, 0.1) is 0 Å². The Kier molecular flexibility index (Phi) is 6.22. The quantitative estimate of drug-likeness (QED) is 0.627. The van der Waals surface area contributed by atoms with Crippen molar-refractivity contribution in [2.45, 2.75) is 0 Å². The van der Waals surface area contributed by atoms with Crippen molar-refractivity contribution in [2.24, 2.45) is 0 Å². The molecular weight excluding hydrogens is 380 g/mol. The zero-order valence-corrected chi connectivity index (χ0v) is 17.5. The summed E-state index contributed by atoms with van der Waals surface area (Å²) in [7, 11) is 1.94. The van der Waals surface area contributed by atoms with Gasteiger partial charge in [-0.15, -0.1) is 0 Å². The number of amides is 1. The first-order valence-corrected chi connectivity index (χ1v) is 10.8. The number of benzene rings is 2. The third-order valence-electron chi connectivity index (χ3n) is 5.18. The summed E-state index contributed by atoms with van der Waals surface area (Å²) in [6, 6.07) is 18.4. The first kappa shape index (κ1) is 19.6. The number of hydrogen-bond donors (Lipinski definition) is 0. The number of thiazole rings is 1. The molecule has 3 aromatic rings. The molecule has 5 nitrogen and oxygen atoms in total. The number of rotatable bonds is 6. The van der Waals surface area contributed by atoms with Crippen molar-refractivity contribution < 1.29 is 4.79 Å². The van der Waals surface area contributed by atoms with Crippen LogP contribution in [0.4, 0.5) is 5.13 Å². The fourth-order valence-electron chi connectivity index (χ4n) is 3.48. The van der Waals surface area contributed by atoms with Gasteiger partial charge in [0, 0.05) is 39.8 Å². The van der Waals surface area contributed by atoms with Crippen LogP contribution in [0.25, 0.3) is 16.3 Å². The zero-order valence-electron chi connectivity index (χ0n) is 16.7. The van der Waals surface area contributed by atoms with Gasteiger partial charge in [0.25, 0.3) is 0 Å². The average molecular weight is 407 g/mol. The maximum atomic E-state index is 12.7. The minimum atomic E-state index is 0.172. The number of carbonyl (C=O) groups is 1. The summed E-state index contributed by atoms with van der Waals surface area (Å²) in [5.74, 6) is 0.172. The molecule has 29 heavy (non-hydrogen) atoms. The normalized spacial score (nSPS) is 15.3. The molecular formula is C23H26N4OS. The molecule has 2 aromatic carbocycles. The molecule has 0 atom stereocenters. The summed E-state index contributed by atoms with van der Waals surface area (Å²) in [6.07, 6.45) is 4.36. The molecule has 1 saturated heterocycles. The monoisotopic (exact) mass is 406 g/mol. The van der Waals surface area contributed by atoms with Crippen LogP contribution >= 0.6 is 11.3 Å². The van der Waals surface area contributed by atoms with Gasteiger partial charge in [-0.05, 0) is 17.7 Å². The number of piperazine rings is 1. The molecule has 1 aliphatic heterocycles. The summed E-state index contributed by atoms with van der Waals surface area (Å²) in [4.78, 5) is 23.7. The van der Waals surface area contributed by atoms with Crippen molar-refractivity contribution in [1.82, 2.24) is 14.8 Å². The van der Waals surface area contributed by atoms with E-state index in [-0.39, 0.29) is 5.91 Å². The Morgan fingerprint density at radius 1 is 1.07 bits per heavy atom. The summed E-state index contributed by atoms with van der Waals surface area (Å²) in [5, 5.41) is 0.893. The number of aromatic nitrogens is 1. The van der Waals surface area contributed by atoms with Crippen molar-refractivity contribution >= 4 is 38.7 Å². The molecule has 2 heterocycles. The van der Waals surface area contributed by atoms with Crippen LogP contribution in [-0.4, -0.2) is 67.0 Å². The van der Waals surface area contributed by atoms with Crippen molar-refractivity contribution in [3.63, 3.8) is 0 Å². The van der Waals surface area contributed by atoms with Gasteiger partial charge < -0.3 is 9.80 Å². The van der Waals surface area contributed by atoms with E-state index >= 15 is 0 Å². The van der Waals surface area contributed by atoms with E-state index in [0.29, 0.717) is 6.54 Å². The van der Waals surface area contributed by atoms with E-state index in [4.69, 9.17) is 0 Å². The maximum Gasteiger partial charge on any atom is 0.242 e. The minimum absolute atomic E-state index is 0.172. The van der Waals surface area contributed by atoms with Gasteiger partial charge in [-0.25, -0.2) is 4.98 Å². The number of fused-ring (bicyclic) bond motifs is 1. The van der Waals surface area contributed by atoms with Gasteiger partial charge in [-0.1, -0.05) is 66.0 Å². The molecule has 0 unspecified atom stereocenters. The van der Waals surface area contributed by atoms with Gasteiger partial charge in [0.15, 0.2) is 5.13 Å². The topological polar surface area (TPSA) is 39.7 Å². The van der Waals surface area contributed by atoms with Gasteiger partial charge in [-0.3, -0.25) is 9.69 Å². The predicted molar refractivity (Wildman–Crippen MR) is 121 cm³/mol. The van der Waals surface area contributed by atoms with Crippen molar-refractivity contribution in [3.05, 3.63) is 66.2 Å². The maximum absolute atomic E-state index is 12.7. The molecule has 0 N–H and O–H groups in total. The van der Waals surface area contributed by atoms with Gasteiger partial charge in [0.2, 0.25) is 5.91 Å². The summed E-state index contributed by atoms with van der Waals surface area (Å²) in [6.45, 7) is 4.68. The SMILES string of the molecule is CN(CC(=O)N1CCN(CC=Cc2ccccc2)CC1)c1nc2ccccc2s1. The highest BCUT2D eigenvalue weighted by molar-refractivity contribution is 7.22. The second-order valence-electron chi connectivity index (χ2n) is 7.31. The summed E-state index contributed by atoms with van der Waals surface area (Å²) < 4.78 is 1.15. The number of likely N-dealkylation sites (N-methyl/N-ethyl adjacent to an activating group) is 1. The van der Waals surface area contributed by atoms with Crippen molar-refractivity contribution in [1.29, 1.82) is 0 Å². The van der Waals surface area contributed by atoms with E-state index in [1.807, 2.05) is 41.1 Å². The van der Waals surface area contributed by atoms with Crippen LogP contribution in [0.3, 0.4) is 0 Å². The lowest BCUT2D eigenvalue weighted by molar-refractivity contribution is -0.131. The van der Waals surface area contributed by atoms with Crippen LogP contribution in [0.1, 0.15) is 5.56 Å². The number of hydrogen-bond acceptors (Lipinski definition) is 5. The third kappa shape index (κ3) is 5.02. The standard InChI is InChI=1S/C23H26N4OS/c1-25(23-24-20-11-5-6-12-21(20)29-23)18-22(28)27-16-14-26(15-17-27)13-7-10-19-8-3-2-4-9-19/h2-12H,13-18H2,1H3. The molecule has 1 amide bonds. The molecule has 150 valence electrons. The van der Waals surface area contributed by atoms with Crippen LogP contribution in [0.5, 0.6) is 0 Å². The minimum Gasteiger partial charge on any atom is -0.342 e. The zero-order chi connectivity index (χ0) is 20.1. The lowest BCUT2D eigenvalue weighted by atomic mass is 10.2. The molecule has 0 saturated carbocycles. The van der Waals surface area contributed by atoms with Gasteiger partial charge in [0.1, 0.15) is 0 Å². The molecule has 1 fully saturated rings. The van der Waals surface area contributed by atoms with Crippen LogP contribution in [0.15, 0.2) is 60.7 Å². The first-order chi connectivity index (χ1) is 14.2. The molecule has 1 aliphatic rings. The highest BCUT2D eigenvalue weighted by atomic mass is 32.1.